The molecular weight excluding hydrogens is 224 g/mol. The molecule has 0 aliphatic heterocycles. The summed E-state index contributed by atoms with van der Waals surface area (Å²) in [5.74, 6) is -0.768. The zero-order chi connectivity index (χ0) is 13.0. The number of hydrogen-bond acceptors (Lipinski definition) is 5. The molecular formula is C12H14O5. The molecule has 5 nitrogen and oxygen atoms in total. The Labute approximate surface area is 99.0 Å². The van der Waals surface area contributed by atoms with Crippen molar-refractivity contribution in [1.29, 1.82) is 0 Å². The number of phenols is 1. The lowest BCUT2D eigenvalue weighted by atomic mass is 10.0. The standard InChI is InChI=1S/C12H14O5/c1-4-9-8(6-13)5-10(17-7(2)14)11(15)12(9)16-3/h5-6,15H,4H2,1-3H3. The van der Waals surface area contributed by atoms with Crippen LogP contribution in [-0.2, 0) is 11.2 Å². The third-order valence-corrected chi connectivity index (χ3v) is 2.30. The summed E-state index contributed by atoms with van der Waals surface area (Å²) in [6.45, 7) is 3.04. The molecule has 0 unspecified atom stereocenters. The summed E-state index contributed by atoms with van der Waals surface area (Å²) in [6.07, 6.45) is 1.15. The first-order chi connectivity index (χ1) is 8.04. The lowest BCUT2D eigenvalue weighted by Crippen LogP contribution is -2.05. The van der Waals surface area contributed by atoms with E-state index in [1.165, 1.54) is 20.1 Å². The van der Waals surface area contributed by atoms with Crippen molar-refractivity contribution in [2.45, 2.75) is 20.3 Å². The molecule has 0 heterocycles. The van der Waals surface area contributed by atoms with E-state index in [2.05, 4.69) is 0 Å². The number of aldehydes is 1. The van der Waals surface area contributed by atoms with Gasteiger partial charge in [-0.25, -0.2) is 0 Å². The number of esters is 1. The Morgan fingerprint density at radius 3 is 2.59 bits per heavy atom. The SMILES string of the molecule is CCc1c(C=O)cc(OC(C)=O)c(O)c1OC. The molecule has 0 saturated carbocycles. The maximum Gasteiger partial charge on any atom is 0.308 e. The second-order valence-corrected chi connectivity index (χ2v) is 3.39. The molecule has 0 amide bonds. The van der Waals surface area contributed by atoms with Crippen LogP contribution in [0.3, 0.4) is 0 Å². The molecule has 0 spiro atoms. The normalized spacial score (nSPS) is 9.82. The summed E-state index contributed by atoms with van der Waals surface area (Å²) in [4.78, 5) is 21.8. The van der Waals surface area contributed by atoms with E-state index in [1.54, 1.807) is 0 Å². The van der Waals surface area contributed by atoms with Crippen LogP contribution in [0.2, 0.25) is 0 Å². The van der Waals surface area contributed by atoms with E-state index in [4.69, 9.17) is 9.47 Å². The third kappa shape index (κ3) is 2.55. The van der Waals surface area contributed by atoms with Crippen molar-refractivity contribution in [1.82, 2.24) is 0 Å². The fourth-order valence-electron chi connectivity index (χ4n) is 1.60. The average molecular weight is 238 g/mol. The molecule has 5 heteroatoms. The van der Waals surface area contributed by atoms with Gasteiger partial charge in [-0.2, -0.15) is 0 Å². The molecule has 92 valence electrons. The monoisotopic (exact) mass is 238 g/mol. The lowest BCUT2D eigenvalue weighted by Gasteiger charge is -2.14. The predicted molar refractivity (Wildman–Crippen MR) is 60.7 cm³/mol. The first-order valence-electron chi connectivity index (χ1n) is 5.11. The molecule has 1 N–H and O–H groups in total. The molecule has 0 fully saturated rings. The number of hydrogen-bond donors (Lipinski definition) is 1. The van der Waals surface area contributed by atoms with Crippen molar-refractivity contribution in [2.24, 2.45) is 0 Å². The van der Waals surface area contributed by atoms with E-state index >= 15 is 0 Å². The van der Waals surface area contributed by atoms with E-state index in [9.17, 15) is 14.7 Å². The third-order valence-electron chi connectivity index (χ3n) is 2.30. The Morgan fingerprint density at radius 1 is 1.53 bits per heavy atom. The minimum absolute atomic E-state index is 0.0753. The van der Waals surface area contributed by atoms with E-state index in [0.717, 1.165) is 0 Å². The van der Waals surface area contributed by atoms with Crippen LogP contribution in [0.1, 0.15) is 29.8 Å². The van der Waals surface area contributed by atoms with Crippen molar-refractivity contribution < 1.29 is 24.2 Å². The van der Waals surface area contributed by atoms with Gasteiger partial charge in [0.1, 0.15) is 0 Å². The topological polar surface area (TPSA) is 72.8 Å². The number of ether oxygens (including phenoxy) is 2. The van der Waals surface area contributed by atoms with Gasteiger partial charge in [0.2, 0.25) is 5.75 Å². The summed E-state index contributed by atoms with van der Waals surface area (Å²) < 4.78 is 9.83. The van der Waals surface area contributed by atoms with Crippen molar-refractivity contribution in [3.63, 3.8) is 0 Å². The summed E-state index contributed by atoms with van der Waals surface area (Å²) in [6, 6.07) is 1.32. The van der Waals surface area contributed by atoms with Crippen molar-refractivity contribution in [3.05, 3.63) is 17.2 Å². The molecule has 0 saturated heterocycles. The number of rotatable bonds is 4. The Bertz CT molecular complexity index is 451. The molecule has 0 atom stereocenters. The van der Waals surface area contributed by atoms with Gasteiger partial charge in [-0.3, -0.25) is 9.59 Å². The van der Waals surface area contributed by atoms with Gasteiger partial charge in [0.25, 0.3) is 0 Å². The minimum Gasteiger partial charge on any atom is -0.502 e. The van der Waals surface area contributed by atoms with Gasteiger partial charge >= 0.3 is 5.97 Å². The van der Waals surface area contributed by atoms with Crippen LogP contribution >= 0.6 is 0 Å². The van der Waals surface area contributed by atoms with Crippen molar-refractivity contribution >= 4 is 12.3 Å². The minimum atomic E-state index is -0.580. The molecule has 0 aliphatic carbocycles. The van der Waals surface area contributed by atoms with Crippen LogP contribution in [0, 0.1) is 0 Å². The first kappa shape index (κ1) is 13.0. The Balaban J connectivity index is 3.44. The van der Waals surface area contributed by atoms with Gasteiger partial charge in [0.05, 0.1) is 7.11 Å². The molecule has 1 aromatic carbocycles. The molecule has 17 heavy (non-hydrogen) atoms. The number of phenolic OH excluding ortho intramolecular Hbond substituents is 1. The quantitative estimate of drug-likeness (QED) is 0.491. The fraction of sp³-hybridized carbons (Fsp3) is 0.333. The summed E-state index contributed by atoms with van der Waals surface area (Å²) in [5.41, 5.74) is 0.911. The molecule has 0 radical (unpaired) electrons. The predicted octanol–water partition coefficient (Wildman–Crippen LogP) is 1.70. The van der Waals surface area contributed by atoms with Crippen LogP contribution in [0.5, 0.6) is 17.2 Å². The smallest absolute Gasteiger partial charge is 0.308 e. The van der Waals surface area contributed by atoms with Gasteiger partial charge in [-0.15, -0.1) is 0 Å². The summed E-state index contributed by atoms with van der Waals surface area (Å²) in [7, 11) is 1.38. The van der Waals surface area contributed by atoms with Gasteiger partial charge in [0.15, 0.2) is 17.8 Å². The molecule has 0 aromatic heterocycles. The van der Waals surface area contributed by atoms with Crippen molar-refractivity contribution in [2.75, 3.05) is 7.11 Å². The molecule has 0 bridgehead atoms. The van der Waals surface area contributed by atoms with Gasteiger partial charge in [0, 0.05) is 18.1 Å². The van der Waals surface area contributed by atoms with E-state index in [0.29, 0.717) is 23.8 Å². The molecule has 1 aromatic rings. The van der Waals surface area contributed by atoms with Crippen LogP contribution in [-0.4, -0.2) is 24.5 Å². The molecule has 1 rings (SSSR count). The largest absolute Gasteiger partial charge is 0.502 e. The maximum atomic E-state index is 10.9. The number of aromatic hydroxyl groups is 1. The molecule has 0 aliphatic rings. The van der Waals surface area contributed by atoms with Gasteiger partial charge in [-0.1, -0.05) is 6.92 Å². The maximum absolute atomic E-state index is 10.9. The highest BCUT2D eigenvalue weighted by Crippen LogP contribution is 2.41. The first-order valence-corrected chi connectivity index (χ1v) is 5.11. The second-order valence-electron chi connectivity index (χ2n) is 3.39. The Kier molecular flexibility index (Phi) is 4.09. The Morgan fingerprint density at radius 2 is 2.18 bits per heavy atom. The number of carbonyl (C=O) groups is 2. The van der Waals surface area contributed by atoms with Gasteiger partial charge in [-0.05, 0) is 12.5 Å². The highest BCUT2D eigenvalue weighted by atomic mass is 16.5. The van der Waals surface area contributed by atoms with E-state index < -0.39 is 5.97 Å². The van der Waals surface area contributed by atoms with Gasteiger partial charge < -0.3 is 14.6 Å². The highest BCUT2D eigenvalue weighted by molar-refractivity contribution is 5.83. The zero-order valence-corrected chi connectivity index (χ0v) is 9.94. The van der Waals surface area contributed by atoms with E-state index in [1.807, 2.05) is 6.92 Å². The number of carbonyl (C=O) groups excluding carboxylic acids is 2. The Hall–Kier alpha value is -2.04. The van der Waals surface area contributed by atoms with Crippen LogP contribution < -0.4 is 9.47 Å². The second kappa shape index (κ2) is 5.34. The van der Waals surface area contributed by atoms with Crippen LogP contribution in [0.4, 0.5) is 0 Å². The average Bonchev–Trinajstić information content (AvgIpc) is 2.30. The van der Waals surface area contributed by atoms with Crippen LogP contribution in [0.15, 0.2) is 6.07 Å². The number of benzene rings is 1. The zero-order valence-electron chi connectivity index (χ0n) is 9.94. The van der Waals surface area contributed by atoms with Crippen LogP contribution in [0.25, 0.3) is 0 Å². The fourth-order valence-corrected chi connectivity index (χ4v) is 1.60. The lowest BCUT2D eigenvalue weighted by molar-refractivity contribution is -0.132. The number of methoxy groups -OCH3 is 1. The van der Waals surface area contributed by atoms with Crippen molar-refractivity contribution in [3.8, 4) is 17.2 Å². The summed E-state index contributed by atoms with van der Waals surface area (Å²) >= 11 is 0. The summed E-state index contributed by atoms with van der Waals surface area (Å²) in [5, 5.41) is 9.85. The highest BCUT2D eigenvalue weighted by Gasteiger charge is 2.19. The van der Waals surface area contributed by atoms with E-state index in [-0.39, 0.29) is 17.2 Å².